The Hall–Kier alpha value is -0.790. The van der Waals surface area contributed by atoms with Crippen molar-refractivity contribution in [3.63, 3.8) is 0 Å². The molecule has 0 fully saturated rings. The molecule has 2 aromatic rings. The molecule has 1 heterocycles. The Bertz CT molecular complexity index is 272. The first-order valence-corrected chi connectivity index (χ1v) is 5.48. The molecule has 0 radical (unpaired) electrons. The number of benzene rings is 1. The third-order valence-corrected chi connectivity index (χ3v) is 2.36. The van der Waals surface area contributed by atoms with Gasteiger partial charge in [-0.05, 0) is 16.3 Å². The number of thiophene rings is 1. The fraction of sp³-hybridized carbons (Fsp3) is 0.0909. The fourth-order valence-electron chi connectivity index (χ4n) is 0.794. The van der Waals surface area contributed by atoms with E-state index in [9.17, 15) is 0 Å². The van der Waals surface area contributed by atoms with Crippen LogP contribution in [0.15, 0.2) is 53.2 Å². The Labute approximate surface area is 87.8 Å². The highest BCUT2D eigenvalue weighted by Crippen LogP contribution is 2.00. The molecule has 0 saturated carbocycles. The topological polar surface area (TPSA) is 0 Å². The SMILES string of the molecule is ClCc1ccccc1.c1ccsc1. The highest BCUT2D eigenvalue weighted by atomic mass is 35.5. The van der Waals surface area contributed by atoms with E-state index in [1.807, 2.05) is 53.2 Å². The summed E-state index contributed by atoms with van der Waals surface area (Å²) in [5.41, 5.74) is 1.18. The van der Waals surface area contributed by atoms with E-state index in [2.05, 4.69) is 0 Å². The normalized spacial score (nSPS) is 8.69. The minimum absolute atomic E-state index is 0.612. The van der Waals surface area contributed by atoms with Gasteiger partial charge in [0.2, 0.25) is 0 Å². The molecule has 0 spiro atoms. The van der Waals surface area contributed by atoms with E-state index in [1.54, 1.807) is 11.3 Å². The lowest BCUT2D eigenvalue weighted by atomic mass is 10.2. The molecule has 0 nitrogen and oxygen atoms in total. The molecule has 1 aromatic carbocycles. The van der Waals surface area contributed by atoms with Crippen LogP contribution >= 0.6 is 22.9 Å². The molecule has 2 heteroatoms. The van der Waals surface area contributed by atoms with Gasteiger partial charge < -0.3 is 0 Å². The summed E-state index contributed by atoms with van der Waals surface area (Å²) >= 11 is 7.24. The molecule has 0 aliphatic heterocycles. The molecule has 13 heavy (non-hydrogen) atoms. The highest BCUT2D eigenvalue weighted by Gasteiger charge is 1.81. The number of hydrogen-bond donors (Lipinski definition) is 0. The van der Waals surface area contributed by atoms with E-state index >= 15 is 0 Å². The summed E-state index contributed by atoms with van der Waals surface area (Å²) in [6, 6.07) is 14.0. The molecule has 0 saturated heterocycles. The first kappa shape index (κ1) is 10.3. The molecule has 0 aliphatic rings. The molecule has 0 atom stereocenters. The minimum atomic E-state index is 0.612. The van der Waals surface area contributed by atoms with Crippen LogP contribution in [-0.4, -0.2) is 0 Å². The van der Waals surface area contributed by atoms with Gasteiger partial charge >= 0.3 is 0 Å². The van der Waals surface area contributed by atoms with Crippen molar-refractivity contribution < 1.29 is 0 Å². The summed E-state index contributed by atoms with van der Waals surface area (Å²) in [6.07, 6.45) is 0. The number of halogens is 1. The Morgan fingerprint density at radius 2 is 1.54 bits per heavy atom. The van der Waals surface area contributed by atoms with Crippen molar-refractivity contribution in [2.45, 2.75) is 5.88 Å². The lowest BCUT2D eigenvalue weighted by Crippen LogP contribution is -1.71. The third-order valence-electron chi connectivity index (χ3n) is 1.42. The lowest BCUT2D eigenvalue weighted by Gasteiger charge is -1.88. The van der Waals surface area contributed by atoms with E-state index in [0.29, 0.717) is 5.88 Å². The van der Waals surface area contributed by atoms with Crippen LogP contribution in [0.1, 0.15) is 5.56 Å². The van der Waals surface area contributed by atoms with Gasteiger partial charge in [0.25, 0.3) is 0 Å². The van der Waals surface area contributed by atoms with Crippen molar-refractivity contribution in [3.8, 4) is 0 Å². The zero-order chi connectivity index (χ0) is 9.36. The van der Waals surface area contributed by atoms with Gasteiger partial charge in [-0.1, -0.05) is 42.5 Å². The van der Waals surface area contributed by atoms with Gasteiger partial charge in [-0.3, -0.25) is 0 Å². The van der Waals surface area contributed by atoms with Gasteiger partial charge in [-0.25, -0.2) is 0 Å². The van der Waals surface area contributed by atoms with Gasteiger partial charge in [0.1, 0.15) is 0 Å². The van der Waals surface area contributed by atoms with Crippen molar-refractivity contribution in [2.75, 3.05) is 0 Å². The van der Waals surface area contributed by atoms with Crippen LogP contribution < -0.4 is 0 Å². The third kappa shape index (κ3) is 4.71. The summed E-state index contributed by atoms with van der Waals surface area (Å²) < 4.78 is 0. The second-order valence-corrected chi connectivity index (χ2v) is 3.50. The van der Waals surface area contributed by atoms with Crippen LogP contribution in [0, 0.1) is 0 Å². The Balaban J connectivity index is 0.000000145. The van der Waals surface area contributed by atoms with Crippen molar-refractivity contribution in [2.24, 2.45) is 0 Å². The van der Waals surface area contributed by atoms with Crippen LogP contribution in [0.3, 0.4) is 0 Å². The van der Waals surface area contributed by atoms with Crippen molar-refractivity contribution >= 4 is 22.9 Å². The molecule has 1 aromatic heterocycles. The number of hydrogen-bond acceptors (Lipinski definition) is 1. The molecule has 0 aliphatic carbocycles. The summed E-state index contributed by atoms with van der Waals surface area (Å²) in [7, 11) is 0. The average molecular weight is 211 g/mol. The summed E-state index contributed by atoms with van der Waals surface area (Å²) in [5, 5.41) is 4.08. The predicted molar refractivity (Wildman–Crippen MR) is 60.3 cm³/mol. The monoisotopic (exact) mass is 210 g/mol. The molecule has 2 rings (SSSR count). The van der Waals surface area contributed by atoms with E-state index in [1.165, 1.54) is 5.56 Å². The van der Waals surface area contributed by atoms with Crippen LogP contribution in [0.5, 0.6) is 0 Å². The van der Waals surface area contributed by atoms with Crippen LogP contribution in [0.2, 0.25) is 0 Å². The first-order chi connectivity index (χ1) is 6.43. The molecular formula is C11H11ClS. The zero-order valence-corrected chi connectivity index (χ0v) is 8.76. The number of rotatable bonds is 1. The van der Waals surface area contributed by atoms with Crippen molar-refractivity contribution in [1.82, 2.24) is 0 Å². The van der Waals surface area contributed by atoms with E-state index in [4.69, 9.17) is 11.6 Å². The van der Waals surface area contributed by atoms with Crippen molar-refractivity contribution in [1.29, 1.82) is 0 Å². The van der Waals surface area contributed by atoms with Crippen LogP contribution in [0.25, 0.3) is 0 Å². The van der Waals surface area contributed by atoms with Crippen LogP contribution in [0.4, 0.5) is 0 Å². The van der Waals surface area contributed by atoms with Crippen LogP contribution in [-0.2, 0) is 5.88 Å². The highest BCUT2D eigenvalue weighted by molar-refractivity contribution is 7.07. The Morgan fingerprint density at radius 1 is 0.923 bits per heavy atom. The maximum absolute atomic E-state index is 5.53. The van der Waals surface area contributed by atoms with Gasteiger partial charge in [0.05, 0.1) is 0 Å². The molecule has 68 valence electrons. The second kappa shape index (κ2) is 6.70. The predicted octanol–water partition coefficient (Wildman–Crippen LogP) is 4.17. The quantitative estimate of drug-likeness (QED) is 0.620. The Morgan fingerprint density at radius 3 is 1.85 bits per heavy atom. The molecule has 0 bridgehead atoms. The fourth-order valence-corrected chi connectivity index (χ4v) is 1.43. The standard InChI is InChI=1S/C7H7Cl.C4H4S/c8-6-7-4-2-1-3-5-7;1-2-4-5-3-1/h1-5H,6H2;1-4H. The maximum Gasteiger partial charge on any atom is 0.0474 e. The summed E-state index contributed by atoms with van der Waals surface area (Å²) in [6.45, 7) is 0. The van der Waals surface area contributed by atoms with E-state index in [-0.39, 0.29) is 0 Å². The van der Waals surface area contributed by atoms with Gasteiger partial charge in [-0.15, -0.1) is 11.6 Å². The average Bonchev–Trinajstić information content (AvgIpc) is 2.77. The Kier molecular flexibility index (Phi) is 5.30. The summed E-state index contributed by atoms with van der Waals surface area (Å²) in [4.78, 5) is 0. The smallest absolute Gasteiger partial charge is 0.0474 e. The van der Waals surface area contributed by atoms with Crippen molar-refractivity contribution in [3.05, 3.63) is 58.8 Å². The number of alkyl halides is 1. The molecule has 0 unspecified atom stereocenters. The van der Waals surface area contributed by atoms with Gasteiger partial charge in [0.15, 0.2) is 0 Å². The molecule has 0 amide bonds. The zero-order valence-electron chi connectivity index (χ0n) is 7.19. The largest absolute Gasteiger partial charge is 0.152 e. The van der Waals surface area contributed by atoms with E-state index in [0.717, 1.165) is 0 Å². The van der Waals surface area contributed by atoms with E-state index < -0.39 is 0 Å². The maximum atomic E-state index is 5.53. The molecular weight excluding hydrogens is 200 g/mol. The van der Waals surface area contributed by atoms with Gasteiger partial charge in [0, 0.05) is 5.88 Å². The lowest BCUT2D eigenvalue weighted by molar-refractivity contribution is 1.41. The first-order valence-electron chi connectivity index (χ1n) is 4.00. The molecule has 0 N–H and O–H groups in total. The minimum Gasteiger partial charge on any atom is -0.152 e. The van der Waals surface area contributed by atoms with Gasteiger partial charge in [-0.2, -0.15) is 11.3 Å². The summed E-state index contributed by atoms with van der Waals surface area (Å²) in [5.74, 6) is 0.612. The second-order valence-electron chi connectivity index (χ2n) is 2.41.